The molecular formula is C24H35N4O9P. The molecule has 3 rings (SSSR count). The molecular weight excluding hydrogens is 519 g/mol. The minimum atomic E-state index is -4.08. The molecule has 1 aromatic heterocycles. The molecule has 1 aromatic carbocycles. The van der Waals surface area contributed by atoms with Gasteiger partial charge in [0.05, 0.1) is 12.5 Å². The number of nitrogens with zero attached hydrogens (tertiary/aromatic N) is 2. The van der Waals surface area contributed by atoms with Gasteiger partial charge in [-0.1, -0.05) is 32.0 Å². The van der Waals surface area contributed by atoms with Crippen LogP contribution in [0.1, 0.15) is 39.8 Å². The number of carbonyl (C=O) groups excluding carboxylic acids is 1. The predicted octanol–water partition coefficient (Wildman–Crippen LogP) is 1.61. The maximum absolute atomic E-state index is 13.6. The first-order chi connectivity index (χ1) is 18.0. The van der Waals surface area contributed by atoms with Crippen LogP contribution in [0.25, 0.3) is 0 Å². The number of carbonyl (C=O) groups is 1. The van der Waals surface area contributed by atoms with Crippen molar-refractivity contribution >= 4 is 19.5 Å². The average molecular weight is 555 g/mol. The lowest BCUT2D eigenvalue weighted by Crippen LogP contribution is -2.46. The molecule has 5 atom stereocenters. The molecule has 1 aliphatic heterocycles. The van der Waals surface area contributed by atoms with Crippen molar-refractivity contribution < 1.29 is 38.1 Å². The molecule has 1 saturated heterocycles. The van der Waals surface area contributed by atoms with E-state index in [2.05, 4.69) is 10.1 Å². The minimum Gasteiger partial charge on any atom is -0.464 e. The van der Waals surface area contributed by atoms with Gasteiger partial charge >= 0.3 is 19.4 Å². The Labute approximate surface area is 220 Å². The van der Waals surface area contributed by atoms with E-state index in [9.17, 15) is 24.4 Å². The Morgan fingerprint density at radius 1 is 1.29 bits per heavy atom. The largest absolute Gasteiger partial charge is 0.464 e. The zero-order valence-electron chi connectivity index (χ0n) is 21.6. The molecule has 0 bridgehead atoms. The molecule has 1 unspecified atom stereocenters. The van der Waals surface area contributed by atoms with Crippen LogP contribution in [0.3, 0.4) is 0 Å². The maximum atomic E-state index is 13.6. The number of hydrogen-bond donors (Lipinski definition) is 4. The van der Waals surface area contributed by atoms with E-state index in [1.54, 1.807) is 30.3 Å². The summed E-state index contributed by atoms with van der Waals surface area (Å²) in [6.45, 7) is 4.48. The third kappa shape index (κ3) is 7.19. The van der Waals surface area contributed by atoms with Crippen molar-refractivity contribution in [2.75, 3.05) is 25.5 Å². The lowest BCUT2D eigenvalue weighted by Gasteiger charge is -2.27. The van der Waals surface area contributed by atoms with E-state index in [4.69, 9.17) is 24.3 Å². The number of aliphatic hydroxyl groups excluding tert-OH is 1. The Morgan fingerprint density at radius 3 is 2.61 bits per heavy atom. The van der Waals surface area contributed by atoms with E-state index < -0.39 is 44.1 Å². The van der Waals surface area contributed by atoms with Gasteiger partial charge in [0.2, 0.25) is 0 Å². The molecule has 0 saturated carbocycles. The smallest absolute Gasteiger partial charge is 0.458 e. The average Bonchev–Trinajstić information content (AvgIpc) is 3.10. The molecule has 1 fully saturated rings. The Kier molecular flexibility index (Phi) is 10.0. The van der Waals surface area contributed by atoms with Crippen LogP contribution in [0.2, 0.25) is 0 Å². The van der Waals surface area contributed by atoms with E-state index in [0.717, 1.165) is 4.57 Å². The first-order valence-corrected chi connectivity index (χ1v) is 13.9. The van der Waals surface area contributed by atoms with Gasteiger partial charge in [-0.25, -0.2) is 14.4 Å². The predicted molar refractivity (Wildman–Crippen MR) is 137 cm³/mol. The van der Waals surface area contributed by atoms with Gasteiger partial charge in [-0.3, -0.25) is 13.9 Å². The van der Waals surface area contributed by atoms with Crippen molar-refractivity contribution in [3.8, 4) is 5.75 Å². The molecule has 0 radical (unpaired) electrons. The second-order valence-corrected chi connectivity index (χ2v) is 10.8. The van der Waals surface area contributed by atoms with Gasteiger partial charge in [-0.2, -0.15) is 4.98 Å². The first kappa shape index (κ1) is 29.8. The van der Waals surface area contributed by atoms with Crippen molar-refractivity contribution in [3.63, 3.8) is 0 Å². The van der Waals surface area contributed by atoms with Gasteiger partial charge in [0.15, 0.2) is 6.23 Å². The number of ether oxygens (including phenoxy) is 2. The number of anilines is 1. The molecule has 38 heavy (non-hydrogen) atoms. The number of aliphatic hydroxyl groups is 2. The fraction of sp³-hybridized carbons (Fsp3) is 0.542. The third-order valence-electron chi connectivity index (χ3n) is 6.21. The normalized spacial score (nSPS) is 24.7. The standard InChI is InChI=1S/C24H35N4O9P/c1-4-16(5-2)21(30)34-14-12-26-38(33,37-17-9-7-6-8-10-17)35-15-18-20(29)24(3,32)22(36-18)28-13-11-19(25)27-23(28)31/h6-11,13,16,18,20,22,29,32H,4-5,12,14-15H2,1-3H3,(H,26,33)(H2,25,27,31)/t18-,20-,22-,24-,38?/m1/s1. The molecule has 1 aliphatic rings. The Bertz CT molecular complexity index is 1170. The van der Waals surface area contributed by atoms with Crippen molar-refractivity contribution in [2.24, 2.45) is 5.92 Å². The number of aromatic nitrogens is 2. The number of nitrogens with one attached hydrogen (secondary N) is 1. The number of esters is 1. The highest BCUT2D eigenvalue weighted by Gasteiger charge is 2.54. The molecule has 210 valence electrons. The van der Waals surface area contributed by atoms with Gasteiger partial charge in [-0.15, -0.1) is 0 Å². The van der Waals surface area contributed by atoms with Crippen LogP contribution in [0.4, 0.5) is 5.82 Å². The van der Waals surface area contributed by atoms with Crippen LogP contribution in [0.15, 0.2) is 47.4 Å². The molecule has 2 heterocycles. The Hall–Kier alpha value is -2.80. The van der Waals surface area contributed by atoms with E-state index in [1.165, 1.54) is 19.2 Å². The van der Waals surface area contributed by atoms with Crippen molar-refractivity contribution in [1.82, 2.24) is 14.6 Å². The fourth-order valence-electron chi connectivity index (χ4n) is 3.95. The molecule has 2 aromatic rings. The van der Waals surface area contributed by atoms with Gasteiger partial charge in [0, 0.05) is 12.7 Å². The zero-order chi connectivity index (χ0) is 27.9. The Morgan fingerprint density at radius 2 is 1.97 bits per heavy atom. The van der Waals surface area contributed by atoms with Gasteiger partial charge in [-0.05, 0) is 38.0 Å². The van der Waals surface area contributed by atoms with Gasteiger partial charge in [0.1, 0.15) is 36.0 Å². The molecule has 5 N–H and O–H groups in total. The van der Waals surface area contributed by atoms with Crippen LogP contribution in [-0.2, 0) is 23.4 Å². The lowest BCUT2D eigenvalue weighted by molar-refractivity contribution is -0.148. The quantitative estimate of drug-likeness (QED) is 0.160. The summed E-state index contributed by atoms with van der Waals surface area (Å²) in [6.07, 6.45) is -1.46. The second kappa shape index (κ2) is 12.8. The molecule has 14 heteroatoms. The van der Waals surface area contributed by atoms with E-state index in [1.807, 2.05) is 13.8 Å². The van der Waals surface area contributed by atoms with Crippen LogP contribution in [0, 0.1) is 5.92 Å². The molecule has 13 nitrogen and oxygen atoms in total. The second-order valence-electron chi connectivity index (χ2n) is 9.03. The summed E-state index contributed by atoms with van der Waals surface area (Å²) in [6, 6.07) is 9.61. The summed E-state index contributed by atoms with van der Waals surface area (Å²) in [5, 5.41) is 24.3. The minimum absolute atomic E-state index is 0.0139. The van der Waals surface area contributed by atoms with E-state index in [0.29, 0.717) is 12.8 Å². The van der Waals surface area contributed by atoms with Gasteiger partial charge < -0.3 is 29.9 Å². The summed E-state index contributed by atoms with van der Waals surface area (Å²) in [5.41, 5.74) is 2.82. The van der Waals surface area contributed by atoms with Crippen LogP contribution < -0.4 is 21.0 Å². The van der Waals surface area contributed by atoms with Crippen LogP contribution in [-0.4, -0.2) is 63.3 Å². The molecule has 0 amide bonds. The van der Waals surface area contributed by atoms with Crippen molar-refractivity contribution in [2.45, 2.75) is 57.6 Å². The number of nitrogens with two attached hydrogens (primary N) is 1. The summed E-state index contributed by atoms with van der Waals surface area (Å²) >= 11 is 0. The Balaban J connectivity index is 1.69. The number of rotatable bonds is 13. The van der Waals surface area contributed by atoms with E-state index in [-0.39, 0.29) is 36.6 Å². The molecule has 0 spiro atoms. The van der Waals surface area contributed by atoms with Crippen LogP contribution >= 0.6 is 7.75 Å². The number of benzene rings is 1. The number of nitrogen functional groups attached to an aromatic ring is 1. The topological polar surface area (TPSA) is 184 Å². The monoisotopic (exact) mass is 554 g/mol. The number of para-hydroxylation sites is 1. The van der Waals surface area contributed by atoms with Crippen LogP contribution in [0.5, 0.6) is 5.75 Å². The van der Waals surface area contributed by atoms with Crippen molar-refractivity contribution in [1.29, 1.82) is 0 Å². The highest BCUT2D eigenvalue weighted by molar-refractivity contribution is 7.52. The summed E-state index contributed by atoms with van der Waals surface area (Å²) in [4.78, 5) is 28.0. The lowest BCUT2D eigenvalue weighted by atomic mass is 9.96. The summed E-state index contributed by atoms with van der Waals surface area (Å²) < 4.78 is 36.7. The fourth-order valence-corrected chi connectivity index (χ4v) is 5.27. The SMILES string of the molecule is CCC(CC)C(=O)OCCNP(=O)(OC[C@H]1O[C@@H](n2ccc(N)nc2=O)[C@](C)(O)[C@@H]1O)Oc1ccccc1. The maximum Gasteiger partial charge on any atom is 0.458 e. The van der Waals surface area contributed by atoms with E-state index >= 15 is 0 Å². The first-order valence-electron chi connectivity index (χ1n) is 12.3. The molecule has 0 aliphatic carbocycles. The van der Waals surface area contributed by atoms with Crippen molar-refractivity contribution in [3.05, 3.63) is 53.1 Å². The highest BCUT2D eigenvalue weighted by Crippen LogP contribution is 2.46. The number of hydrogen-bond acceptors (Lipinski definition) is 11. The van der Waals surface area contributed by atoms with Gasteiger partial charge in [0.25, 0.3) is 0 Å². The third-order valence-corrected chi connectivity index (χ3v) is 7.76. The summed E-state index contributed by atoms with van der Waals surface area (Å²) in [7, 11) is -4.08. The summed E-state index contributed by atoms with van der Waals surface area (Å²) in [5.74, 6) is -0.335. The zero-order valence-corrected chi connectivity index (χ0v) is 22.5. The highest BCUT2D eigenvalue weighted by atomic mass is 31.2.